The summed E-state index contributed by atoms with van der Waals surface area (Å²) in [4.78, 5) is 15.2. The van der Waals surface area contributed by atoms with Gasteiger partial charge in [-0.2, -0.15) is 0 Å². The number of hydrogen-bond donors (Lipinski definition) is 1. The number of carbonyl (C=O) groups is 1. The first-order valence-corrected chi connectivity index (χ1v) is 13.0. The van der Waals surface area contributed by atoms with Crippen LogP contribution < -0.4 is 14.4 Å². The quantitative estimate of drug-likeness (QED) is 0.515. The van der Waals surface area contributed by atoms with Gasteiger partial charge in [0.2, 0.25) is 0 Å². The molecule has 8 heteroatoms. The molecule has 35 heavy (non-hydrogen) atoms. The fourth-order valence-corrected chi connectivity index (χ4v) is 6.07. The van der Waals surface area contributed by atoms with Crippen LogP contribution in [0.5, 0.6) is 5.75 Å². The Morgan fingerprint density at radius 2 is 1.80 bits per heavy atom. The minimum atomic E-state index is -3.80. The van der Waals surface area contributed by atoms with E-state index >= 15 is 0 Å². The second-order valence-corrected chi connectivity index (χ2v) is 10.6. The first kappa shape index (κ1) is 24.8. The minimum Gasteiger partial charge on any atom is -0.496 e. The number of amides is 1. The lowest BCUT2D eigenvalue weighted by Gasteiger charge is -2.30. The number of nitrogens with zero attached hydrogens (tertiary/aromatic N) is 2. The molecule has 0 aliphatic carbocycles. The van der Waals surface area contributed by atoms with E-state index in [4.69, 9.17) is 4.74 Å². The van der Waals surface area contributed by atoms with Crippen LogP contribution in [0.4, 0.5) is 5.69 Å². The highest BCUT2D eigenvalue weighted by Gasteiger charge is 2.29. The molecule has 4 rings (SSSR count). The van der Waals surface area contributed by atoms with E-state index in [0.717, 1.165) is 29.7 Å². The molecule has 3 aromatic carbocycles. The average Bonchev–Trinajstić information content (AvgIpc) is 2.88. The van der Waals surface area contributed by atoms with Gasteiger partial charge in [-0.3, -0.25) is 9.10 Å². The topological polar surface area (TPSA) is 78.9 Å². The van der Waals surface area contributed by atoms with E-state index < -0.39 is 10.0 Å². The molecular weight excluding hydrogens is 462 g/mol. The second-order valence-electron chi connectivity index (χ2n) is 8.77. The summed E-state index contributed by atoms with van der Waals surface area (Å²) >= 11 is 0. The van der Waals surface area contributed by atoms with Crippen molar-refractivity contribution < 1.29 is 17.9 Å². The number of carbonyl (C=O) groups excluding carboxylic acids is 1. The van der Waals surface area contributed by atoms with Crippen molar-refractivity contribution in [3.05, 3.63) is 89.5 Å². The summed E-state index contributed by atoms with van der Waals surface area (Å²) < 4.78 is 34.0. The van der Waals surface area contributed by atoms with Crippen LogP contribution in [-0.2, 0) is 16.4 Å². The zero-order valence-electron chi connectivity index (χ0n) is 20.3. The Bertz CT molecular complexity index is 1310. The largest absolute Gasteiger partial charge is 0.496 e. The third kappa shape index (κ3) is 5.18. The molecule has 0 aromatic heterocycles. The third-order valence-electron chi connectivity index (χ3n) is 6.33. The molecule has 1 amide bonds. The van der Waals surface area contributed by atoms with Crippen LogP contribution in [0, 0.1) is 0 Å². The Morgan fingerprint density at radius 3 is 2.57 bits per heavy atom. The maximum atomic E-state index is 13.5. The van der Waals surface area contributed by atoms with E-state index in [1.165, 1.54) is 10.4 Å². The van der Waals surface area contributed by atoms with Crippen LogP contribution in [0.25, 0.3) is 0 Å². The summed E-state index contributed by atoms with van der Waals surface area (Å²) in [5, 5.41) is 2.96. The zero-order chi connectivity index (χ0) is 25.0. The van der Waals surface area contributed by atoms with Crippen molar-refractivity contribution in [2.45, 2.75) is 23.8 Å². The molecule has 1 unspecified atom stereocenters. The van der Waals surface area contributed by atoms with Crippen LogP contribution in [0.3, 0.4) is 0 Å². The summed E-state index contributed by atoms with van der Waals surface area (Å²) in [6.07, 6.45) is 1.61. The van der Waals surface area contributed by atoms with Gasteiger partial charge in [-0.1, -0.05) is 42.5 Å². The van der Waals surface area contributed by atoms with Gasteiger partial charge in [0.15, 0.2) is 0 Å². The number of anilines is 1. The van der Waals surface area contributed by atoms with Gasteiger partial charge in [-0.25, -0.2) is 8.42 Å². The van der Waals surface area contributed by atoms with Crippen LogP contribution in [0.1, 0.15) is 33.9 Å². The second kappa shape index (κ2) is 10.5. The number of benzene rings is 3. The molecule has 3 aromatic rings. The SMILES string of the molecule is COc1ccccc1C(CNC(=O)c1cccc(S(=O)(=O)N2CCCc3ccccc32)c1)N(C)C. The van der Waals surface area contributed by atoms with Gasteiger partial charge in [0.05, 0.1) is 23.7 Å². The number of rotatable bonds is 8. The molecule has 0 saturated carbocycles. The molecule has 0 bridgehead atoms. The van der Waals surface area contributed by atoms with Crippen molar-refractivity contribution in [3.8, 4) is 5.75 Å². The Hall–Kier alpha value is -3.36. The number of para-hydroxylation sites is 2. The maximum absolute atomic E-state index is 13.5. The average molecular weight is 494 g/mol. The maximum Gasteiger partial charge on any atom is 0.264 e. The Kier molecular flexibility index (Phi) is 7.42. The summed E-state index contributed by atoms with van der Waals surface area (Å²) in [5.41, 5.74) is 2.98. The zero-order valence-corrected chi connectivity index (χ0v) is 21.1. The molecule has 1 N–H and O–H groups in total. The molecule has 1 aliphatic heterocycles. The predicted octanol–water partition coefficient (Wildman–Crippen LogP) is 3.87. The fourth-order valence-electron chi connectivity index (χ4n) is 4.48. The third-order valence-corrected chi connectivity index (χ3v) is 8.14. The van der Waals surface area contributed by atoms with Crippen molar-refractivity contribution in [1.29, 1.82) is 0 Å². The van der Waals surface area contributed by atoms with Gasteiger partial charge in [0.25, 0.3) is 15.9 Å². The summed E-state index contributed by atoms with van der Waals surface area (Å²) in [7, 11) is 1.70. The lowest BCUT2D eigenvalue weighted by atomic mass is 10.0. The molecule has 0 spiro atoms. The first-order chi connectivity index (χ1) is 16.8. The molecule has 184 valence electrons. The summed E-state index contributed by atoms with van der Waals surface area (Å²) in [6.45, 7) is 0.752. The molecule has 0 fully saturated rings. The lowest BCUT2D eigenvalue weighted by Crippen LogP contribution is -2.36. The van der Waals surface area contributed by atoms with Crippen LogP contribution >= 0.6 is 0 Å². The number of fused-ring (bicyclic) bond motifs is 1. The Morgan fingerprint density at radius 1 is 1.06 bits per heavy atom. The van der Waals surface area contributed by atoms with Crippen molar-refractivity contribution in [2.75, 3.05) is 38.6 Å². The fraction of sp³-hybridized carbons (Fsp3) is 0.296. The highest BCUT2D eigenvalue weighted by Crippen LogP contribution is 2.32. The Labute approximate surface area is 207 Å². The van der Waals surface area contributed by atoms with Gasteiger partial charge in [0, 0.05) is 24.2 Å². The van der Waals surface area contributed by atoms with Gasteiger partial charge in [0.1, 0.15) is 5.75 Å². The number of nitrogens with one attached hydrogen (secondary N) is 1. The van der Waals surface area contributed by atoms with E-state index in [0.29, 0.717) is 24.3 Å². The molecule has 7 nitrogen and oxygen atoms in total. The minimum absolute atomic E-state index is 0.107. The predicted molar refractivity (Wildman–Crippen MR) is 137 cm³/mol. The highest BCUT2D eigenvalue weighted by molar-refractivity contribution is 7.92. The summed E-state index contributed by atoms with van der Waals surface area (Å²) in [6, 6.07) is 21.4. The standard InChI is InChI=1S/C27H31N3O4S/c1-29(2)25(23-14-5-7-16-26(23)34-3)19-28-27(31)21-11-8-13-22(18-21)35(32,33)30-17-9-12-20-10-4-6-15-24(20)30/h4-8,10-11,13-16,18,25H,9,12,17,19H2,1-3H3,(H,28,31). The van der Waals surface area contributed by atoms with Crippen LogP contribution in [-0.4, -0.2) is 53.5 Å². The van der Waals surface area contributed by atoms with Crippen LogP contribution in [0.15, 0.2) is 77.7 Å². The van der Waals surface area contributed by atoms with Crippen molar-refractivity contribution in [3.63, 3.8) is 0 Å². The Balaban J connectivity index is 1.54. The molecule has 1 heterocycles. The van der Waals surface area contributed by atoms with E-state index in [-0.39, 0.29) is 16.8 Å². The number of ether oxygens (including phenoxy) is 1. The van der Waals surface area contributed by atoms with Crippen molar-refractivity contribution in [1.82, 2.24) is 10.2 Å². The number of aryl methyl sites for hydroxylation is 1. The van der Waals surface area contributed by atoms with Crippen molar-refractivity contribution >= 4 is 21.6 Å². The molecule has 0 radical (unpaired) electrons. The molecule has 1 atom stereocenters. The van der Waals surface area contributed by atoms with Gasteiger partial charge >= 0.3 is 0 Å². The molecular formula is C27H31N3O4S. The van der Waals surface area contributed by atoms with E-state index in [2.05, 4.69) is 5.32 Å². The normalized spacial score (nSPS) is 14.3. The molecule has 1 aliphatic rings. The van der Waals surface area contributed by atoms with E-state index in [9.17, 15) is 13.2 Å². The highest BCUT2D eigenvalue weighted by atomic mass is 32.2. The van der Waals surface area contributed by atoms with Crippen molar-refractivity contribution in [2.24, 2.45) is 0 Å². The number of hydrogen-bond acceptors (Lipinski definition) is 5. The van der Waals surface area contributed by atoms with Gasteiger partial charge < -0.3 is 15.0 Å². The van der Waals surface area contributed by atoms with E-state index in [1.807, 2.05) is 67.5 Å². The number of methoxy groups -OCH3 is 1. The number of likely N-dealkylation sites (N-methyl/N-ethyl adjacent to an activating group) is 1. The monoisotopic (exact) mass is 493 g/mol. The lowest BCUT2D eigenvalue weighted by molar-refractivity contribution is 0.0941. The first-order valence-electron chi connectivity index (χ1n) is 11.6. The summed E-state index contributed by atoms with van der Waals surface area (Å²) in [5.74, 6) is 0.415. The smallest absolute Gasteiger partial charge is 0.264 e. The molecule has 0 saturated heterocycles. The van der Waals surface area contributed by atoms with Gasteiger partial charge in [-0.15, -0.1) is 0 Å². The van der Waals surface area contributed by atoms with E-state index in [1.54, 1.807) is 25.3 Å². The van der Waals surface area contributed by atoms with Crippen LogP contribution in [0.2, 0.25) is 0 Å². The van der Waals surface area contributed by atoms with Gasteiger partial charge in [-0.05, 0) is 62.8 Å². The number of sulfonamides is 1.